The van der Waals surface area contributed by atoms with Crippen LogP contribution >= 0.6 is 24.0 Å². The Morgan fingerprint density at radius 1 is 1.23 bits per heavy atom. The molecule has 0 bridgehead atoms. The molecule has 1 aromatic carbocycles. The van der Waals surface area contributed by atoms with Crippen molar-refractivity contribution < 1.29 is 17.6 Å². The van der Waals surface area contributed by atoms with Gasteiger partial charge in [0.15, 0.2) is 0 Å². The van der Waals surface area contributed by atoms with E-state index in [1.165, 1.54) is 0 Å². The van der Waals surface area contributed by atoms with Crippen molar-refractivity contribution in [2.24, 2.45) is 0 Å². The lowest BCUT2D eigenvalue weighted by Gasteiger charge is -2.36. The predicted octanol–water partition coefficient (Wildman–Crippen LogP) is 5.61. The van der Waals surface area contributed by atoms with Crippen LogP contribution in [0.2, 0.25) is 5.02 Å². The molecule has 1 fully saturated rings. The summed E-state index contributed by atoms with van der Waals surface area (Å²) in [6.45, 7) is 6.47. The van der Waals surface area contributed by atoms with Gasteiger partial charge in [0.05, 0.1) is 10.6 Å². The summed E-state index contributed by atoms with van der Waals surface area (Å²) in [5.74, 6) is -0.748. The van der Waals surface area contributed by atoms with Crippen LogP contribution in [0.5, 0.6) is 0 Å². The van der Waals surface area contributed by atoms with Crippen LogP contribution in [0.1, 0.15) is 42.9 Å². The molecule has 0 saturated carbocycles. The number of nitrogens with zero attached hydrogens (tertiary/aromatic N) is 1. The Labute approximate surface area is 163 Å². The maximum atomic E-state index is 14.6. The Hall–Kier alpha value is -0.820. The summed E-state index contributed by atoms with van der Waals surface area (Å²) in [4.78, 5) is 2.04. The number of alkyl halides is 3. The van der Waals surface area contributed by atoms with Crippen LogP contribution in [-0.2, 0) is 6.18 Å². The summed E-state index contributed by atoms with van der Waals surface area (Å²) in [5, 5.41) is 2.73. The molecule has 26 heavy (non-hydrogen) atoms. The van der Waals surface area contributed by atoms with Gasteiger partial charge in [-0.1, -0.05) is 24.1 Å². The first-order chi connectivity index (χ1) is 11.8. The van der Waals surface area contributed by atoms with Crippen molar-refractivity contribution >= 4 is 24.0 Å². The molecule has 1 aliphatic rings. The zero-order valence-electron chi connectivity index (χ0n) is 14.4. The minimum absolute atomic E-state index is 0. The first kappa shape index (κ1) is 23.2. The number of nitrogens with one attached hydrogen (secondary N) is 1. The maximum Gasteiger partial charge on any atom is 0.416 e. The highest BCUT2D eigenvalue weighted by molar-refractivity contribution is 6.30. The Kier molecular flexibility index (Phi) is 9.38. The second kappa shape index (κ2) is 10.5. The van der Waals surface area contributed by atoms with Crippen LogP contribution in [0.25, 0.3) is 0 Å². The van der Waals surface area contributed by atoms with Gasteiger partial charge in [0, 0.05) is 37.8 Å². The zero-order chi connectivity index (χ0) is 18.4. The fourth-order valence-electron chi connectivity index (χ4n) is 3.17. The highest BCUT2D eigenvalue weighted by Crippen LogP contribution is 2.38. The molecule has 0 aliphatic carbocycles. The molecule has 1 atom stereocenters. The summed E-state index contributed by atoms with van der Waals surface area (Å²) < 4.78 is 54.0. The van der Waals surface area contributed by atoms with Gasteiger partial charge in [0.25, 0.3) is 0 Å². The second-order valence-corrected chi connectivity index (χ2v) is 6.64. The highest BCUT2D eigenvalue weighted by atomic mass is 35.5. The zero-order valence-corrected chi connectivity index (χ0v) is 16.0. The molecule has 1 heterocycles. The number of allylic oxidation sites excluding steroid dienone is 1. The van der Waals surface area contributed by atoms with Crippen LogP contribution in [0.15, 0.2) is 24.8 Å². The van der Waals surface area contributed by atoms with E-state index in [0.717, 1.165) is 38.4 Å². The van der Waals surface area contributed by atoms with E-state index in [2.05, 4.69) is 11.9 Å². The third-order valence-corrected chi connectivity index (χ3v) is 4.75. The van der Waals surface area contributed by atoms with Crippen LogP contribution in [0.4, 0.5) is 17.6 Å². The third kappa shape index (κ3) is 6.12. The lowest BCUT2D eigenvalue weighted by Crippen LogP contribution is -2.45. The van der Waals surface area contributed by atoms with E-state index in [0.29, 0.717) is 25.6 Å². The Morgan fingerprint density at radius 2 is 1.88 bits per heavy atom. The topological polar surface area (TPSA) is 15.3 Å². The average Bonchev–Trinajstić information content (AvgIpc) is 2.58. The molecule has 0 radical (unpaired) electrons. The van der Waals surface area contributed by atoms with Crippen molar-refractivity contribution in [1.29, 1.82) is 0 Å². The Bertz CT molecular complexity index is 587. The number of hydrogen-bond donors (Lipinski definition) is 1. The van der Waals surface area contributed by atoms with Crippen LogP contribution in [-0.4, -0.2) is 31.1 Å². The third-order valence-electron chi connectivity index (χ3n) is 4.47. The SMILES string of the molecule is C=CCCCC[C@@H](c1cc(C(F)(F)F)cc(Cl)c1F)N1CCNCC1.Cl. The number of rotatable bonds is 7. The number of hydrogen-bond acceptors (Lipinski definition) is 2. The summed E-state index contributed by atoms with van der Waals surface area (Å²) in [7, 11) is 0. The largest absolute Gasteiger partial charge is 0.416 e. The van der Waals surface area contributed by atoms with Crippen LogP contribution in [0.3, 0.4) is 0 Å². The van der Waals surface area contributed by atoms with Gasteiger partial charge in [-0.15, -0.1) is 19.0 Å². The van der Waals surface area contributed by atoms with E-state index in [1.807, 2.05) is 11.0 Å². The van der Waals surface area contributed by atoms with Crippen molar-refractivity contribution in [1.82, 2.24) is 10.2 Å². The van der Waals surface area contributed by atoms with Gasteiger partial charge in [-0.05, 0) is 31.4 Å². The molecule has 1 aliphatic heterocycles. The molecular formula is C18H24Cl2F4N2. The van der Waals surface area contributed by atoms with Crippen molar-refractivity contribution in [3.05, 3.63) is 46.8 Å². The second-order valence-electron chi connectivity index (χ2n) is 6.23. The Balaban J connectivity index is 0.00000338. The van der Waals surface area contributed by atoms with Gasteiger partial charge in [0.2, 0.25) is 0 Å². The normalized spacial score (nSPS) is 16.8. The molecule has 2 rings (SSSR count). The fourth-order valence-corrected chi connectivity index (χ4v) is 3.40. The van der Waals surface area contributed by atoms with Crippen molar-refractivity contribution in [3.8, 4) is 0 Å². The summed E-state index contributed by atoms with van der Waals surface area (Å²) in [6, 6.07) is 1.17. The highest BCUT2D eigenvalue weighted by Gasteiger charge is 2.34. The first-order valence-electron chi connectivity index (χ1n) is 8.46. The molecule has 0 spiro atoms. The van der Waals surface area contributed by atoms with E-state index in [1.54, 1.807) is 0 Å². The molecule has 1 aromatic rings. The van der Waals surface area contributed by atoms with Crippen molar-refractivity contribution in [2.45, 2.75) is 37.9 Å². The lowest BCUT2D eigenvalue weighted by atomic mass is 9.95. The minimum atomic E-state index is -4.55. The number of halogens is 6. The molecule has 148 valence electrons. The van der Waals surface area contributed by atoms with Gasteiger partial charge < -0.3 is 5.32 Å². The smallest absolute Gasteiger partial charge is 0.314 e. The summed E-state index contributed by atoms with van der Waals surface area (Å²) in [5.41, 5.74) is -0.861. The molecule has 0 amide bonds. The molecule has 1 N–H and O–H groups in total. The van der Waals surface area contributed by atoms with E-state index < -0.39 is 28.6 Å². The van der Waals surface area contributed by atoms with E-state index >= 15 is 0 Å². The molecule has 0 aromatic heterocycles. The molecule has 1 saturated heterocycles. The summed E-state index contributed by atoms with van der Waals surface area (Å²) in [6.07, 6.45) is 0.335. The molecule has 2 nitrogen and oxygen atoms in total. The van der Waals surface area contributed by atoms with Crippen LogP contribution in [0, 0.1) is 5.82 Å². The first-order valence-corrected chi connectivity index (χ1v) is 8.84. The quantitative estimate of drug-likeness (QED) is 0.354. The van der Waals surface area contributed by atoms with Gasteiger partial charge in [-0.2, -0.15) is 13.2 Å². The summed E-state index contributed by atoms with van der Waals surface area (Å²) >= 11 is 5.77. The molecule has 0 unspecified atom stereocenters. The number of benzene rings is 1. The average molecular weight is 415 g/mol. The van der Waals surface area contributed by atoms with Gasteiger partial charge >= 0.3 is 6.18 Å². The lowest BCUT2D eigenvalue weighted by molar-refractivity contribution is -0.137. The van der Waals surface area contributed by atoms with Crippen molar-refractivity contribution in [2.75, 3.05) is 26.2 Å². The van der Waals surface area contributed by atoms with Crippen molar-refractivity contribution in [3.63, 3.8) is 0 Å². The molecule has 8 heteroatoms. The van der Waals surface area contributed by atoms with Gasteiger partial charge in [-0.3, -0.25) is 4.90 Å². The van der Waals surface area contributed by atoms with E-state index in [4.69, 9.17) is 11.6 Å². The van der Waals surface area contributed by atoms with E-state index in [9.17, 15) is 17.6 Å². The number of piperazine rings is 1. The Morgan fingerprint density at radius 3 is 2.46 bits per heavy atom. The molecular weight excluding hydrogens is 391 g/mol. The van der Waals surface area contributed by atoms with Gasteiger partial charge in [-0.25, -0.2) is 4.39 Å². The van der Waals surface area contributed by atoms with Gasteiger partial charge in [0.1, 0.15) is 5.82 Å². The monoisotopic (exact) mass is 414 g/mol. The fraction of sp³-hybridized carbons (Fsp3) is 0.556. The number of unbranched alkanes of at least 4 members (excludes halogenated alkanes) is 2. The standard InChI is InChI=1S/C18H23ClF4N2.ClH/c1-2-3-4-5-6-16(25-9-7-24-8-10-25)14-11-13(18(21,22)23)12-15(19)17(14)20;/h2,11-12,16,24H,1,3-10H2;1H/t16-;/m0./s1. The maximum absolute atomic E-state index is 14.6. The predicted molar refractivity (Wildman–Crippen MR) is 99.5 cm³/mol. The van der Waals surface area contributed by atoms with Crippen LogP contribution < -0.4 is 5.32 Å². The minimum Gasteiger partial charge on any atom is -0.314 e. The van der Waals surface area contributed by atoms with E-state index in [-0.39, 0.29) is 18.0 Å².